The molecule has 0 saturated carbocycles. The van der Waals surface area contributed by atoms with Crippen LogP contribution in [0.3, 0.4) is 0 Å². The second-order valence-electron chi connectivity index (χ2n) is 7.03. The number of hydrogen-bond donors (Lipinski definition) is 2. The van der Waals surface area contributed by atoms with Gasteiger partial charge >= 0.3 is 0 Å². The highest BCUT2D eigenvalue weighted by molar-refractivity contribution is 5.55. The zero-order valence-electron chi connectivity index (χ0n) is 14.9. The third-order valence-corrected chi connectivity index (χ3v) is 5.31. The minimum absolute atomic E-state index is 0.0985. The first-order chi connectivity index (χ1) is 12.5. The Morgan fingerprint density at radius 1 is 0.808 bits per heavy atom. The van der Waals surface area contributed by atoms with Crippen LogP contribution in [0, 0.1) is 13.8 Å². The molecule has 2 atom stereocenters. The molecular formula is C23H22O3. The number of phenols is 2. The Morgan fingerprint density at radius 3 is 2.15 bits per heavy atom. The molecular weight excluding hydrogens is 324 g/mol. The van der Waals surface area contributed by atoms with E-state index in [-0.39, 0.29) is 23.3 Å². The van der Waals surface area contributed by atoms with Gasteiger partial charge in [0.2, 0.25) is 0 Å². The summed E-state index contributed by atoms with van der Waals surface area (Å²) in [4.78, 5) is 0. The molecule has 0 aliphatic carbocycles. The monoisotopic (exact) mass is 346 g/mol. The van der Waals surface area contributed by atoms with Crippen molar-refractivity contribution in [2.24, 2.45) is 0 Å². The van der Waals surface area contributed by atoms with Crippen molar-refractivity contribution in [1.29, 1.82) is 0 Å². The van der Waals surface area contributed by atoms with E-state index in [0.29, 0.717) is 6.61 Å². The lowest BCUT2D eigenvalue weighted by Gasteiger charge is -2.35. The molecule has 0 fully saturated rings. The molecule has 2 N–H and O–H groups in total. The number of aryl methyl sites for hydroxylation is 1. The first-order valence-electron chi connectivity index (χ1n) is 8.85. The summed E-state index contributed by atoms with van der Waals surface area (Å²) in [6, 6.07) is 19.7. The van der Waals surface area contributed by atoms with Crippen LogP contribution in [0.5, 0.6) is 17.2 Å². The van der Waals surface area contributed by atoms with Gasteiger partial charge in [-0.3, -0.25) is 0 Å². The maximum atomic E-state index is 10.1. The van der Waals surface area contributed by atoms with Crippen LogP contribution in [0.4, 0.5) is 0 Å². The second kappa shape index (κ2) is 6.41. The third-order valence-electron chi connectivity index (χ3n) is 5.31. The standard InChI is InChI=1S/C23H22O3/c1-14-3-5-16(6-4-14)20-13-26-23-15(2)21(25)12-11-19(23)22(20)17-7-9-18(24)10-8-17/h3-12,20,22,24-25H,13H2,1-2H3. The van der Waals surface area contributed by atoms with Crippen molar-refractivity contribution in [3.05, 3.63) is 88.5 Å². The Kier molecular flexibility index (Phi) is 4.08. The van der Waals surface area contributed by atoms with E-state index < -0.39 is 0 Å². The first kappa shape index (κ1) is 16.5. The topological polar surface area (TPSA) is 49.7 Å². The van der Waals surface area contributed by atoms with Crippen molar-refractivity contribution in [1.82, 2.24) is 0 Å². The van der Waals surface area contributed by atoms with Gasteiger partial charge in [-0.1, -0.05) is 48.0 Å². The predicted molar refractivity (Wildman–Crippen MR) is 102 cm³/mol. The van der Waals surface area contributed by atoms with Crippen LogP contribution in [0.15, 0.2) is 60.7 Å². The van der Waals surface area contributed by atoms with Crippen molar-refractivity contribution >= 4 is 0 Å². The molecule has 3 aromatic rings. The number of phenolic OH excluding ortho intramolecular Hbond substituents is 2. The maximum absolute atomic E-state index is 10.1. The summed E-state index contributed by atoms with van der Waals surface area (Å²) in [7, 11) is 0. The molecule has 3 aromatic carbocycles. The quantitative estimate of drug-likeness (QED) is 0.685. The van der Waals surface area contributed by atoms with Crippen LogP contribution in [-0.2, 0) is 0 Å². The predicted octanol–water partition coefficient (Wildman–Crippen LogP) is 5.02. The van der Waals surface area contributed by atoms with E-state index in [1.165, 1.54) is 11.1 Å². The molecule has 4 rings (SSSR count). The second-order valence-corrected chi connectivity index (χ2v) is 7.03. The molecule has 1 aliphatic heterocycles. The van der Waals surface area contributed by atoms with E-state index in [1.807, 2.05) is 25.1 Å². The lowest BCUT2D eigenvalue weighted by atomic mass is 9.75. The molecule has 0 radical (unpaired) electrons. The first-order valence-corrected chi connectivity index (χ1v) is 8.85. The Bertz CT molecular complexity index is 927. The summed E-state index contributed by atoms with van der Waals surface area (Å²) in [5.74, 6) is 1.54. The highest BCUT2D eigenvalue weighted by Gasteiger charge is 2.34. The van der Waals surface area contributed by atoms with Crippen molar-refractivity contribution in [3.63, 3.8) is 0 Å². The lowest BCUT2D eigenvalue weighted by molar-refractivity contribution is 0.245. The van der Waals surface area contributed by atoms with Gasteiger partial charge in [-0.2, -0.15) is 0 Å². The normalized spacial score (nSPS) is 18.8. The number of ether oxygens (including phenoxy) is 1. The van der Waals surface area contributed by atoms with E-state index in [4.69, 9.17) is 4.74 Å². The molecule has 0 amide bonds. The smallest absolute Gasteiger partial charge is 0.129 e. The number of hydrogen-bond acceptors (Lipinski definition) is 3. The van der Waals surface area contributed by atoms with E-state index in [0.717, 1.165) is 22.4 Å². The molecule has 26 heavy (non-hydrogen) atoms. The molecule has 0 spiro atoms. The van der Waals surface area contributed by atoms with Crippen molar-refractivity contribution < 1.29 is 14.9 Å². The van der Waals surface area contributed by atoms with Crippen molar-refractivity contribution in [2.45, 2.75) is 25.7 Å². The fraction of sp³-hybridized carbons (Fsp3) is 0.217. The van der Waals surface area contributed by atoms with Gasteiger partial charge in [-0.25, -0.2) is 0 Å². The van der Waals surface area contributed by atoms with Gasteiger partial charge in [0, 0.05) is 23.0 Å². The summed E-state index contributed by atoms with van der Waals surface area (Å²) in [5, 5.41) is 19.8. The Hall–Kier alpha value is -2.94. The molecule has 132 valence electrons. The zero-order chi connectivity index (χ0) is 18.3. The minimum Gasteiger partial charge on any atom is -0.508 e. The summed E-state index contributed by atoms with van der Waals surface area (Å²) in [6.07, 6.45) is 0. The number of rotatable bonds is 2. The third kappa shape index (κ3) is 2.80. The van der Waals surface area contributed by atoms with Crippen LogP contribution >= 0.6 is 0 Å². The van der Waals surface area contributed by atoms with Gasteiger partial charge in [0.05, 0.1) is 6.61 Å². The highest BCUT2D eigenvalue weighted by Crippen LogP contribution is 2.48. The molecule has 1 aliphatic rings. The molecule has 0 saturated heterocycles. The zero-order valence-corrected chi connectivity index (χ0v) is 14.9. The molecule has 0 bridgehead atoms. The SMILES string of the molecule is Cc1ccc(C2COc3c(ccc(O)c3C)C2c2ccc(O)cc2)cc1. The summed E-state index contributed by atoms with van der Waals surface area (Å²) >= 11 is 0. The molecule has 1 heterocycles. The van der Waals surface area contributed by atoms with Crippen LogP contribution in [0.1, 0.15) is 39.7 Å². The highest BCUT2D eigenvalue weighted by atomic mass is 16.5. The van der Waals surface area contributed by atoms with E-state index in [2.05, 4.69) is 31.2 Å². The van der Waals surface area contributed by atoms with E-state index in [1.54, 1.807) is 18.2 Å². The Balaban J connectivity index is 1.87. The fourth-order valence-electron chi connectivity index (χ4n) is 3.82. The van der Waals surface area contributed by atoms with E-state index in [9.17, 15) is 10.2 Å². The van der Waals surface area contributed by atoms with Gasteiger partial charge in [-0.15, -0.1) is 0 Å². The van der Waals surface area contributed by atoms with Crippen LogP contribution in [-0.4, -0.2) is 16.8 Å². The van der Waals surface area contributed by atoms with Gasteiger partial charge in [0.15, 0.2) is 0 Å². The van der Waals surface area contributed by atoms with Gasteiger partial charge in [-0.05, 0) is 43.2 Å². The van der Waals surface area contributed by atoms with Gasteiger partial charge in [0.25, 0.3) is 0 Å². The largest absolute Gasteiger partial charge is 0.508 e. The van der Waals surface area contributed by atoms with Gasteiger partial charge in [0.1, 0.15) is 17.2 Å². The summed E-state index contributed by atoms with van der Waals surface area (Å²) in [6.45, 7) is 4.51. The number of benzene rings is 3. The molecule has 2 unspecified atom stereocenters. The van der Waals surface area contributed by atoms with Crippen LogP contribution in [0.25, 0.3) is 0 Å². The molecule has 0 aromatic heterocycles. The van der Waals surface area contributed by atoms with Crippen LogP contribution in [0.2, 0.25) is 0 Å². The number of aromatic hydroxyl groups is 2. The summed E-state index contributed by atoms with van der Waals surface area (Å²) in [5.41, 5.74) is 5.43. The van der Waals surface area contributed by atoms with Gasteiger partial charge < -0.3 is 14.9 Å². The Labute approximate surface area is 153 Å². The maximum Gasteiger partial charge on any atom is 0.129 e. The molecule has 3 nitrogen and oxygen atoms in total. The molecule has 3 heteroatoms. The minimum atomic E-state index is 0.0985. The average molecular weight is 346 g/mol. The number of fused-ring (bicyclic) bond motifs is 1. The summed E-state index contributed by atoms with van der Waals surface area (Å²) < 4.78 is 6.10. The lowest BCUT2D eigenvalue weighted by Crippen LogP contribution is -2.25. The fourth-order valence-corrected chi connectivity index (χ4v) is 3.82. The van der Waals surface area contributed by atoms with Crippen LogP contribution < -0.4 is 4.74 Å². The Morgan fingerprint density at radius 2 is 1.46 bits per heavy atom. The van der Waals surface area contributed by atoms with Crippen molar-refractivity contribution in [2.75, 3.05) is 6.61 Å². The average Bonchev–Trinajstić information content (AvgIpc) is 2.65. The van der Waals surface area contributed by atoms with E-state index >= 15 is 0 Å². The van der Waals surface area contributed by atoms with Crippen molar-refractivity contribution in [3.8, 4) is 17.2 Å².